The Morgan fingerprint density at radius 3 is 3.00 bits per heavy atom. The number of aliphatic hydroxyl groups is 1. The Bertz CT molecular complexity index is 532. The molecule has 0 radical (unpaired) electrons. The maximum Gasteiger partial charge on any atom is 0.339 e. The zero-order valence-corrected chi connectivity index (χ0v) is 11.1. The minimum absolute atomic E-state index is 0.00974. The van der Waals surface area contributed by atoms with Gasteiger partial charge in [-0.1, -0.05) is 6.07 Å². The summed E-state index contributed by atoms with van der Waals surface area (Å²) in [7, 11) is 1.59. The van der Waals surface area contributed by atoms with Gasteiger partial charge in [-0.25, -0.2) is 9.18 Å². The molecule has 1 unspecified atom stereocenters. The van der Waals surface area contributed by atoms with Gasteiger partial charge in [-0.2, -0.15) is 0 Å². The number of cyclic esters (lactones) is 1. The van der Waals surface area contributed by atoms with Crippen LogP contribution < -0.4 is 0 Å². The second-order valence-corrected chi connectivity index (χ2v) is 4.74. The molecule has 20 heavy (non-hydrogen) atoms. The topological polar surface area (TPSA) is 66.8 Å². The lowest BCUT2D eigenvalue weighted by molar-refractivity contribution is -0.139. The van der Waals surface area contributed by atoms with Crippen molar-refractivity contribution in [2.24, 2.45) is 0 Å². The predicted molar refractivity (Wildman–Crippen MR) is 68.6 cm³/mol. The van der Waals surface area contributed by atoms with Crippen LogP contribution in [-0.2, 0) is 16.0 Å². The van der Waals surface area contributed by atoms with Crippen LogP contribution in [-0.4, -0.2) is 48.2 Å². The molecule has 1 amide bonds. The SMILES string of the molecule is CN(CCCO)C(=O)C1Cc2ccc(F)cc2C(=O)O1. The van der Waals surface area contributed by atoms with E-state index in [1.54, 1.807) is 7.05 Å². The molecule has 0 saturated carbocycles. The summed E-state index contributed by atoms with van der Waals surface area (Å²) in [5.74, 6) is -1.51. The van der Waals surface area contributed by atoms with Crippen LogP contribution in [0.15, 0.2) is 18.2 Å². The average Bonchev–Trinajstić information content (AvgIpc) is 2.44. The second-order valence-electron chi connectivity index (χ2n) is 4.74. The van der Waals surface area contributed by atoms with Gasteiger partial charge in [0.1, 0.15) is 5.82 Å². The molecule has 108 valence electrons. The van der Waals surface area contributed by atoms with Crippen molar-refractivity contribution >= 4 is 11.9 Å². The van der Waals surface area contributed by atoms with Gasteiger partial charge in [-0.3, -0.25) is 4.79 Å². The van der Waals surface area contributed by atoms with Crippen LogP contribution in [0.4, 0.5) is 4.39 Å². The smallest absolute Gasteiger partial charge is 0.339 e. The molecule has 0 fully saturated rings. The van der Waals surface area contributed by atoms with E-state index < -0.39 is 17.9 Å². The molecule has 1 aliphatic heterocycles. The number of amides is 1. The fourth-order valence-electron chi connectivity index (χ4n) is 2.15. The number of carbonyl (C=O) groups is 2. The van der Waals surface area contributed by atoms with Crippen molar-refractivity contribution in [3.8, 4) is 0 Å². The monoisotopic (exact) mass is 281 g/mol. The fourth-order valence-corrected chi connectivity index (χ4v) is 2.15. The Morgan fingerprint density at radius 2 is 2.30 bits per heavy atom. The summed E-state index contributed by atoms with van der Waals surface area (Å²) < 4.78 is 18.2. The molecule has 1 aromatic carbocycles. The standard InChI is InChI=1S/C14H16FNO4/c1-16(5-2-6-17)13(18)12-7-9-3-4-10(15)8-11(9)14(19)20-12/h3-4,8,12,17H,2,5-7H2,1H3. The highest BCUT2D eigenvalue weighted by molar-refractivity contribution is 5.95. The van der Waals surface area contributed by atoms with Crippen LogP contribution in [0.2, 0.25) is 0 Å². The number of hydrogen-bond donors (Lipinski definition) is 1. The summed E-state index contributed by atoms with van der Waals surface area (Å²) in [4.78, 5) is 25.3. The first kappa shape index (κ1) is 14.5. The van der Waals surface area contributed by atoms with Crippen molar-refractivity contribution < 1.29 is 23.8 Å². The van der Waals surface area contributed by atoms with Gasteiger partial charge >= 0.3 is 5.97 Å². The van der Waals surface area contributed by atoms with E-state index in [0.717, 1.165) is 6.07 Å². The molecule has 1 aliphatic rings. The lowest BCUT2D eigenvalue weighted by Crippen LogP contribution is -2.43. The van der Waals surface area contributed by atoms with Gasteiger partial charge in [0.25, 0.3) is 5.91 Å². The molecule has 0 aliphatic carbocycles. The zero-order chi connectivity index (χ0) is 14.7. The van der Waals surface area contributed by atoms with E-state index >= 15 is 0 Å². The predicted octanol–water partition coefficient (Wildman–Crippen LogP) is 0.748. The summed E-state index contributed by atoms with van der Waals surface area (Å²) in [6, 6.07) is 3.88. The van der Waals surface area contributed by atoms with Crippen molar-refractivity contribution in [1.82, 2.24) is 4.90 Å². The molecule has 0 saturated heterocycles. The van der Waals surface area contributed by atoms with Crippen LogP contribution in [0.3, 0.4) is 0 Å². The second kappa shape index (κ2) is 6.00. The van der Waals surface area contributed by atoms with Crippen molar-refractivity contribution in [2.75, 3.05) is 20.2 Å². The van der Waals surface area contributed by atoms with E-state index in [1.807, 2.05) is 0 Å². The molecule has 1 N–H and O–H groups in total. The van der Waals surface area contributed by atoms with Crippen molar-refractivity contribution in [3.63, 3.8) is 0 Å². The van der Waals surface area contributed by atoms with Gasteiger partial charge < -0.3 is 14.7 Å². The Labute approximate surface area is 116 Å². The Hall–Kier alpha value is -1.95. The number of fused-ring (bicyclic) bond motifs is 1. The lowest BCUT2D eigenvalue weighted by atomic mass is 9.98. The van der Waals surface area contributed by atoms with Gasteiger partial charge in [-0.15, -0.1) is 0 Å². The number of nitrogens with zero attached hydrogens (tertiary/aromatic N) is 1. The minimum atomic E-state index is -0.885. The molecule has 2 rings (SSSR count). The summed E-state index contributed by atoms with van der Waals surface area (Å²) in [5.41, 5.74) is 0.781. The highest BCUT2D eigenvalue weighted by atomic mass is 19.1. The lowest BCUT2D eigenvalue weighted by Gasteiger charge is -2.27. The fraction of sp³-hybridized carbons (Fsp3) is 0.429. The van der Waals surface area contributed by atoms with Gasteiger partial charge in [0, 0.05) is 26.6 Å². The molecule has 1 heterocycles. The van der Waals surface area contributed by atoms with E-state index in [1.165, 1.54) is 17.0 Å². The summed E-state index contributed by atoms with van der Waals surface area (Å²) >= 11 is 0. The van der Waals surface area contributed by atoms with E-state index in [4.69, 9.17) is 9.84 Å². The first-order chi connectivity index (χ1) is 9.52. The average molecular weight is 281 g/mol. The third-order valence-corrected chi connectivity index (χ3v) is 3.25. The zero-order valence-electron chi connectivity index (χ0n) is 11.1. The van der Waals surface area contributed by atoms with E-state index in [0.29, 0.717) is 18.5 Å². The molecule has 6 heteroatoms. The normalized spacial score (nSPS) is 17.4. The Kier molecular flexibility index (Phi) is 4.34. The van der Waals surface area contributed by atoms with E-state index in [2.05, 4.69) is 0 Å². The number of esters is 1. The molecular formula is C14H16FNO4. The maximum atomic E-state index is 13.1. The van der Waals surface area contributed by atoms with Crippen molar-refractivity contribution in [1.29, 1.82) is 0 Å². The van der Waals surface area contributed by atoms with Crippen molar-refractivity contribution in [3.05, 3.63) is 35.1 Å². The number of rotatable bonds is 4. The summed E-state index contributed by atoms with van der Waals surface area (Å²) in [6.07, 6.45) is -0.182. The van der Waals surface area contributed by atoms with Gasteiger partial charge in [0.2, 0.25) is 0 Å². The van der Waals surface area contributed by atoms with Gasteiger partial charge in [0.05, 0.1) is 5.56 Å². The highest BCUT2D eigenvalue weighted by Crippen LogP contribution is 2.22. The number of aliphatic hydroxyl groups excluding tert-OH is 1. The largest absolute Gasteiger partial charge is 0.448 e. The third-order valence-electron chi connectivity index (χ3n) is 3.25. The number of ether oxygens (including phenoxy) is 1. The van der Waals surface area contributed by atoms with Crippen LogP contribution in [0, 0.1) is 5.82 Å². The summed E-state index contributed by atoms with van der Waals surface area (Å²) in [6.45, 7) is 0.379. The van der Waals surface area contributed by atoms with E-state index in [9.17, 15) is 14.0 Å². The first-order valence-electron chi connectivity index (χ1n) is 6.38. The molecule has 0 bridgehead atoms. The molecular weight excluding hydrogens is 265 g/mol. The van der Waals surface area contributed by atoms with Crippen LogP contribution >= 0.6 is 0 Å². The molecule has 5 nitrogen and oxygen atoms in total. The molecule has 0 aromatic heterocycles. The minimum Gasteiger partial charge on any atom is -0.448 e. The third kappa shape index (κ3) is 2.96. The van der Waals surface area contributed by atoms with Crippen LogP contribution in [0.25, 0.3) is 0 Å². The number of likely N-dealkylation sites (N-methyl/N-ethyl adjacent to an activating group) is 1. The summed E-state index contributed by atoms with van der Waals surface area (Å²) in [5, 5.41) is 8.75. The highest BCUT2D eigenvalue weighted by Gasteiger charge is 2.33. The Morgan fingerprint density at radius 1 is 1.55 bits per heavy atom. The number of benzene rings is 1. The van der Waals surface area contributed by atoms with Gasteiger partial charge in [-0.05, 0) is 24.1 Å². The number of hydrogen-bond acceptors (Lipinski definition) is 4. The van der Waals surface area contributed by atoms with E-state index in [-0.39, 0.29) is 24.5 Å². The number of halogens is 1. The number of carbonyl (C=O) groups excluding carboxylic acids is 2. The van der Waals surface area contributed by atoms with Crippen LogP contribution in [0.5, 0.6) is 0 Å². The molecule has 0 spiro atoms. The molecule has 1 atom stereocenters. The quantitative estimate of drug-likeness (QED) is 0.827. The van der Waals surface area contributed by atoms with Gasteiger partial charge in [0.15, 0.2) is 6.10 Å². The first-order valence-corrected chi connectivity index (χ1v) is 6.38. The molecule has 1 aromatic rings. The van der Waals surface area contributed by atoms with Crippen molar-refractivity contribution in [2.45, 2.75) is 18.9 Å². The maximum absolute atomic E-state index is 13.1. The Balaban J connectivity index is 2.12. The van der Waals surface area contributed by atoms with Crippen LogP contribution in [0.1, 0.15) is 22.3 Å².